The first kappa shape index (κ1) is 19.0. The second-order valence-electron chi connectivity index (χ2n) is 5.76. The van der Waals surface area contributed by atoms with Crippen LogP contribution in [0.2, 0.25) is 0 Å². The van der Waals surface area contributed by atoms with Gasteiger partial charge in [0, 0.05) is 38.2 Å². The summed E-state index contributed by atoms with van der Waals surface area (Å²) in [6.45, 7) is 2.06. The van der Waals surface area contributed by atoms with Crippen LogP contribution in [0.25, 0.3) is 0 Å². The zero-order valence-corrected chi connectivity index (χ0v) is 15.2. The van der Waals surface area contributed by atoms with Gasteiger partial charge in [0.05, 0.1) is 18.6 Å². The maximum atomic E-state index is 12.3. The molecule has 1 aromatic carbocycles. The van der Waals surface area contributed by atoms with Crippen molar-refractivity contribution in [2.45, 2.75) is 26.2 Å². The molecule has 0 radical (unpaired) electrons. The van der Waals surface area contributed by atoms with Crippen LogP contribution < -0.4 is 19.7 Å². The topological polar surface area (TPSA) is 105 Å². The summed E-state index contributed by atoms with van der Waals surface area (Å²) in [5, 5.41) is 5.25. The summed E-state index contributed by atoms with van der Waals surface area (Å²) in [5.41, 5.74) is 0.973. The highest BCUT2D eigenvalue weighted by molar-refractivity contribution is 7.92. The first-order valence-electron chi connectivity index (χ1n) is 8.06. The highest BCUT2D eigenvalue weighted by atomic mass is 32.2. The van der Waals surface area contributed by atoms with Crippen molar-refractivity contribution in [1.29, 1.82) is 0 Å². The molecule has 2 amide bonds. The summed E-state index contributed by atoms with van der Waals surface area (Å²) in [7, 11) is -1.88. The van der Waals surface area contributed by atoms with Gasteiger partial charge in [0.1, 0.15) is 5.75 Å². The monoisotopic (exact) mass is 369 g/mol. The fraction of sp³-hybridized carbons (Fsp3) is 0.500. The molecule has 0 aliphatic carbocycles. The zero-order valence-electron chi connectivity index (χ0n) is 14.4. The molecule has 8 nitrogen and oxygen atoms in total. The van der Waals surface area contributed by atoms with E-state index in [1.807, 2.05) is 0 Å². The fourth-order valence-electron chi connectivity index (χ4n) is 2.60. The van der Waals surface area contributed by atoms with Crippen LogP contribution in [0.5, 0.6) is 5.75 Å². The van der Waals surface area contributed by atoms with Gasteiger partial charge in [0.25, 0.3) is 0 Å². The standard InChI is InChI=1S/C16H23N3O5S/c1-12(20)17-8-7-16(21)18-13-5-6-14(15(11-13)24-2)19-9-3-4-10-25(19,22)23/h5-6,11H,3-4,7-10H2,1-2H3,(H,17,20)(H,18,21). The number of hydrogen-bond acceptors (Lipinski definition) is 5. The Morgan fingerprint density at radius 2 is 2.04 bits per heavy atom. The third-order valence-electron chi connectivity index (χ3n) is 3.81. The molecule has 2 rings (SSSR count). The molecule has 0 bridgehead atoms. The molecular weight excluding hydrogens is 346 g/mol. The molecule has 1 fully saturated rings. The second-order valence-corrected chi connectivity index (χ2v) is 7.78. The van der Waals surface area contributed by atoms with Crippen LogP contribution in [-0.4, -0.2) is 46.2 Å². The van der Waals surface area contributed by atoms with Gasteiger partial charge in [-0.3, -0.25) is 13.9 Å². The van der Waals surface area contributed by atoms with Gasteiger partial charge in [0.2, 0.25) is 21.8 Å². The Morgan fingerprint density at radius 3 is 2.68 bits per heavy atom. The van der Waals surface area contributed by atoms with Gasteiger partial charge in [-0.25, -0.2) is 8.42 Å². The van der Waals surface area contributed by atoms with Gasteiger partial charge in [-0.15, -0.1) is 0 Å². The molecule has 138 valence electrons. The number of ether oxygens (including phenoxy) is 1. The van der Waals surface area contributed by atoms with Gasteiger partial charge in [0.15, 0.2) is 0 Å². The maximum absolute atomic E-state index is 12.3. The summed E-state index contributed by atoms with van der Waals surface area (Å²) in [4.78, 5) is 22.7. The minimum absolute atomic E-state index is 0.123. The molecule has 1 saturated heterocycles. The maximum Gasteiger partial charge on any atom is 0.235 e. The smallest absolute Gasteiger partial charge is 0.235 e. The molecule has 1 aliphatic rings. The number of methoxy groups -OCH3 is 1. The molecule has 0 unspecified atom stereocenters. The van der Waals surface area contributed by atoms with Crippen LogP contribution in [0, 0.1) is 0 Å². The Labute approximate surface area is 147 Å². The minimum atomic E-state index is -3.34. The Hall–Kier alpha value is -2.29. The number of carbonyl (C=O) groups excluding carboxylic acids is 2. The highest BCUT2D eigenvalue weighted by Crippen LogP contribution is 2.34. The van der Waals surface area contributed by atoms with E-state index in [9.17, 15) is 18.0 Å². The SMILES string of the molecule is COc1cc(NC(=O)CCNC(C)=O)ccc1N1CCCCS1(=O)=O. The molecular formula is C16H23N3O5S. The normalized spacial score (nSPS) is 16.2. The number of nitrogens with zero attached hydrogens (tertiary/aromatic N) is 1. The van der Waals surface area contributed by atoms with Crippen molar-refractivity contribution in [3.05, 3.63) is 18.2 Å². The van der Waals surface area contributed by atoms with Gasteiger partial charge in [-0.2, -0.15) is 0 Å². The van der Waals surface area contributed by atoms with Crippen LogP contribution in [0.15, 0.2) is 18.2 Å². The number of benzene rings is 1. The summed E-state index contributed by atoms with van der Waals surface area (Å²) >= 11 is 0. The van der Waals surface area contributed by atoms with E-state index in [1.165, 1.54) is 18.3 Å². The van der Waals surface area contributed by atoms with Gasteiger partial charge in [-0.05, 0) is 25.0 Å². The number of sulfonamides is 1. The molecule has 0 atom stereocenters. The van der Waals surface area contributed by atoms with Crippen molar-refractivity contribution in [3.8, 4) is 5.75 Å². The lowest BCUT2D eigenvalue weighted by Gasteiger charge is -2.29. The molecule has 1 aliphatic heterocycles. The van der Waals surface area contributed by atoms with E-state index in [0.29, 0.717) is 30.1 Å². The Bertz CT molecular complexity index is 748. The lowest BCUT2D eigenvalue weighted by atomic mass is 10.2. The number of rotatable bonds is 6. The summed E-state index contributed by atoms with van der Waals surface area (Å²) in [5.74, 6) is 0.0541. The first-order chi connectivity index (χ1) is 11.8. The van der Waals surface area contributed by atoms with E-state index in [0.717, 1.165) is 6.42 Å². The number of anilines is 2. The van der Waals surface area contributed by atoms with Crippen molar-refractivity contribution in [1.82, 2.24) is 5.32 Å². The van der Waals surface area contributed by atoms with Crippen LogP contribution in [0.3, 0.4) is 0 Å². The van der Waals surface area contributed by atoms with Gasteiger partial charge < -0.3 is 15.4 Å². The fourth-order valence-corrected chi connectivity index (χ4v) is 4.24. The molecule has 25 heavy (non-hydrogen) atoms. The molecule has 1 heterocycles. The van der Waals surface area contributed by atoms with Gasteiger partial charge >= 0.3 is 0 Å². The predicted molar refractivity (Wildman–Crippen MR) is 95.3 cm³/mol. The molecule has 0 spiro atoms. The highest BCUT2D eigenvalue weighted by Gasteiger charge is 2.28. The molecule has 9 heteroatoms. The Morgan fingerprint density at radius 1 is 1.28 bits per heavy atom. The van der Waals surface area contributed by atoms with E-state index in [1.54, 1.807) is 18.2 Å². The van der Waals surface area contributed by atoms with Crippen molar-refractivity contribution in [2.24, 2.45) is 0 Å². The minimum Gasteiger partial charge on any atom is -0.494 e. The first-order valence-corrected chi connectivity index (χ1v) is 9.67. The van der Waals surface area contributed by atoms with Gasteiger partial charge in [-0.1, -0.05) is 0 Å². The van der Waals surface area contributed by atoms with Crippen molar-refractivity contribution >= 4 is 33.2 Å². The largest absolute Gasteiger partial charge is 0.494 e. The van der Waals surface area contributed by atoms with Crippen LogP contribution >= 0.6 is 0 Å². The van der Waals surface area contributed by atoms with E-state index >= 15 is 0 Å². The summed E-state index contributed by atoms with van der Waals surface area (Å²) in [6.07, 6.45) is 1.59. The lowest BCUT2D eigenvalue weighted by molar-refractivity contribution is -0.119. The van der Waals surface area contributed by atoms with E-state index in [4.69, 9.17) is 4.74 Å². The van der Waals surface area contributed by atoms with Crippen LogP contribution in [0.1, 0.15) is 26.2 Å². The predicted octanol–water partition coefficient (Wildman–Crippen LogP) is 1.09. The second kappa shape index (κ2) is 8.19. The summed E-state index contributed by atoms with van der Waals surface area (Å²) in [6, 6.07) is 4.86. The third-order valence-corrected chi connectivity index (χ3v) is 5.66. The molecule has 0 aromatic heterocycles. The van der Waals surface area contributed by atoms with Crippen molar-refractivity contribution < 1.29 is 22.7 Å². The number of hydrogen-bond donors (Lipinski definition) is 2. The lowest BCUT2D eigenvalue weighted by Crippen LogP contribution is -2.38. The van der Waals surface area contributed by atoms with E-state index < -0.39 is 10.0 Å². The average Bonchev–Trinajstić information content (AvgIpc) is 2.54. The zero-order chi connectivity index (χ0) is 18.4. The third kappa shape index (κ3) is 5.09. The Balaban J connectivity index is 2.11. The number of carbonyl (C=O) groups is 2. The van der Waals surface area contributed by atoms with Crippen LogP contribution in [0.4, 0.5) is 11.4 Å². The quantitative estimate of drug-likeness (QED) is 0.781. The van der Waals surface area contributed by atoms with Crippen molar-refractivity contribution in [2.75, 3.05) is 35.6 Å². The van der Waals surface area contributed by atoms with E-state index in [2.05, 4.69) is 10.6 Å². The number of amides is 2. The molecule has 2 N–H and O–H groups in total. The van der Waals surface area contributed by atoms with Crippen LogP contribution in [-0.2, 0) is 19.6 Å². The summed E-state index contributed by atoms with van der Waals surface area (Å²) < 4.78 is 31.2. The Kier molecular flexibility index (Phi) is 6.24. The van der Waals surface area contributed by atoms with Crippen molar-refractivity contribution in [3.63, 3.8) is 0 Å². The molecule has 1 aromatic rings. The average molecular weight is 369 g/mol. The number of nitrogens with one attached hydrogen (secondary N) is 2. The molecule has 0 saturated carbocycles. The van der Waals surface area contributed by atoms with E-state index in [-0.39, 0.29) is 30.5 Å².